The first kappa shape index (κ1) is 80.8. The van der Waals surface area contributed by atoms with Crippen LogP contribution in [-0.2, 0) is 33.5 Å². The second-order valence-corrected chi connectivity index (χ2v) is 25.9. The smallest absolute Gasteiger partial charge is 0.180 e. The molecule has 566 valence electrons. The van der Waals surface area contributed by atoms with Crippen LogP contribution in [0, 0.1) is 17.5 Å². The van der Waals surface area contributed by atoms with Crippen molar-refractivity contribution in [1.82, 2.24) is 73.0 Å². The van der Waals surface area contributed by atoms with Gasteiger partial charge in [0.25, 0.3) is 0 Å². The molecule has 0 saturated heterocycles. The number of fused-ring (bicyclic) bond motifs is 6. The summed E-state index contributed by atoms with van der Waals surface area (Å²) in [6, 6.07) is 29.2. The van der Waals surface area contributed by atoms with Crippen LogP contribution >= 0.6 is 0 Å². The SMILES string of the molecule is C.C.C.C.CCOCCC(C)c1cnc2c(NCCc3c[nH]c4ccccc34)nc(-c3cncc(F)c3)cn12.COCCC(C)c1cnc2c(NCCc3c[nH]c4ccccc34)nc(-c3cncc(F)c3)cn12.COCCCC(C)c1cnc2c(NCCc3c[nH]c4ccccc34)nc(-c3cncc(F)c3)cn12. The highest BCUT2D eigenvalue weighted by Gasteiger charge is 2.22. The van der Waals surface area contributed by atoms with Gasteiger partial charge in [0.2, 0.25) is 0 Å². The molecule has 0 radical (unpaired) electrons. The van der Waals surface area contributed by atoms with E-state index in [1.54, 1.807) is 32.8 Å². The number of nitrogens with zero attached hydrogens (tertiary/aromatic N) is 12. The van der Waals surface area contributed by atoms with Gasteiger partial charge in [-0.3, -0.25) is 28.2 Å². The highest BCUT2D eigenvalue weighted by molar-refractivity contribution is 5.85. The van der Waals surface area contributed by atoms with Crippen molar-refractivity contribution < 1.29 is 27.4 Å². The van der Waals surface area contributed by atoms with Crippen molar-refractivity contribution in [2.24, 2.45) is 0 Å². The first-order valence-corrected chi connectivity index (χ1v) is 35.3. The van der Waals surface area contributed by atoms with Gasteiger partial charge in [0.15, 0.2) is 34.4 Å². The normalized spacial score (nSPS) is 12.0. The Morgan fingerprint density at radius 1 is 0.426 bits per heavy atom. The number of rotatable bonds is 29. The van der Waals surface area contributed by atoms with Gasteiger partial charge in [-0.25, -0.2) is 43.1 Å². The van der Waals surface area contributed by atoms with E-state index in [1.807, 2.05) is 78.8 Å². The summed E-state index contributed by atoms with van der Waals surface area (Å²) in [4.78, 5) is 50.5. The van der Waals surface area contributed by atoms with Crippen molar-refractivity contribution in [2.75, 3.05) is 76.2 Å². The molecule has 108 heavy (non-hydrogen) atoms. The fraction of sp³-hybridized carbons (Fsp3) is 0.321. The van der Waals surface area contributed by atoms with E-state index in [9.17, 15) is 13.2 Å². The minimum absolute atomic E-state index is 0. The van der Waals surface area contributed by atoms with E-state index in [0.717, 1.165) is 102 Å². The number of para-hydroxylation sites is 3. The third-order valence-electron chi connectivity index (χ3n) is 18.8. The Hall–Kier alpha value is -11.3. The van der Waals surface area contributed by atoms with E-state index < -0.39 is 17.5 Å². The quantitative estimate of drug-likeness (QED) is 0.0239. The zero-order valence-electron chi connectivity index (χ0n) is 59.2. The zero-order valence-corrected chi connectivity index (χ0v) is 59.2. The molecule has 3 atom stereocenters. The van der Waals surface area contributed by atoms with Crippen LogP contribution in [-0.4, -0.2) is 133 Å². The zero-order chi connectivity index (χ0) is 71.9. The highest BCUT2D eigenvalue weighted by Crippen LogP contribution is 2.33. The molecule has 0 saturated carbocycles. The molecule has 0 aliphatic carbocycles. The average Bonchev–Trinajstić information content (AvgIpc) is 1.58. The lowest BCUT2D eigenvalue weighted by atomic mass is 10.0. The minimum Gasteiger partial charge on any atom is -0.385 e. The maximum absolute atomic E-state index is 13.9. The Balaban J connectivity index is 0.000000184. The standard InChI is InChI=1S/2C27H29FN6O.C26H27FN6O.4CH4/c1-18(6-5-11-35-2)25-16-32-27-26(30-10-9-19-14-31-23-8-4-3-7-22(19)23)33-24(17-34(25)27)20-12-21(28)15-29-13-20;1-3-35-11-9-18(2)25-16-32-27-26(30-10-8-19-14-31-23-7-5-4-6-22(19)23)33-24(17-34(25)27)20-12-21(28)15-29-13-20;1-17(8-10-34-2)24-15-31-26-25(29-9-7-18-13-30-22-6-4-3-5-21(18)22)32-23(16-33(24)26)19-11-20(27)14-28-12-19;;;;/h3-4,7-8,12-18,31H,5-6,9-11H2,1-2H3,(H,30,33);4-7,12-18,31H,3,8-11H2,1-2H3,(H,30,33);3-6,11-17,30H,7-10H2,1-2H3,(H,29,32);4*1H4. The van der Waals surface area contributed by atoms with E-state index in [1.165, 1.54) is 69.6 Å². The monoisotopic (exact) mass is 1470 g/mol. The molecule has 0 fully saturated rings. The molecule has 0 aliphatic rings. The van der Waals surface area contributed by atoms with Gasteiger partial charge in [-0.05, 0) is 111 Å². The molecule has 0 spiro atoms. The van der Waals surface area contributed by atoms with Crippen molar-refractivity contribution in [3.63, 3.8) is 0 Å². The molecule has 3 aromatic carbocycles. The largest absolute Gasteiger partial charge is 0.385 e. The highest BCUT2D eigenvalue weighted by atomic mass is 19.1. The Bertz CT molecular complexity index is 5130. The molecule has 15 rings (SSSR count). The lowest BCUT2D eigenvalue weighted by Crippen LogP contribution is -2.10. The van der Waals surface area contributed by atoms with Gasteiger partial charge in [0.1, 0.15) is 17.5 Å². The third-order valence-corrected chi connectivity index (χ3v) is 18.8. The molecule has 24 heteroatoms. The molecule has 0 amide bonds. The Morgan fingerprint density at radius 2 is 0.759 bits per heavy atom. The lowest BCUT2D eigenvalue weighted by molar-refractivity contribution is 0.140. The molecule has 15 aromatic rings. The van der Waals surface area contributed by atoms with Gasteiger partial charge >= 0.3 is 0 Å². The summed E-state index contributed by atoms with van der Waals surface area (Å²) < 4.78 is 64.0. The van der Waals surface area contributed by atoms with E-state index >= 15 is 0 Å². The van der Waals surface area contributed by atoms with Crippen molar-refractivity contribution in [3.05, 3.63) is 235 Å². The first-order valence-electron chi connectivity index (χ1n) is 35.3. The van der Waals surface area contributed by atoms with Gasteiger partial charge in [-0.15, -0.1) is 0 Å². The minimum atomic E-state index is -0.396. The third kappa shape index (κ3) is 18.9. The number of anilines is 3. The summed E-state index contributed by atoms with van der Waals surface area (Å²) in [7, 11) is 3.42. The number of halogens is 3. The number of aromatic amines is 3. The summed E-state index contributed by atoms with van der Waals surface area (Å²) in [6.45, 7) is 13.3. The molecular formula is C84H101F3N18O3. The summed E-state index contributed by atoms with van der Waals surface area (Å²) in [6.07, 6.45) is 32.2. The Kier molecular flexibility index (Phi) is 28.6. The van der Waals surface area contributed by atoms with Crippen LogP contribution in [0.4, 0.5) is 30.6 Å². The van der Waals surface area contributed by atoms with Crippen LogP contribution in [0.1, 0.15) is 135 Å². The molecule has 0 bridgehead atoms. The second-order valence-electron chi connectivity index (χ2n) is 25.9. The average molecular weight is 1470 g/mol. The maximum atomic E-state index is 13.9. The van der Waals surface area contributed by atoms with E-state index in [0.29, 0.717) is 90.7 Å². The van der Waals surface area contributed by atoms with E-state index in [2.05, 4.69) is 146 Å². The number of methoxy groups -OCH3 is 2. The number of H-pyrrole nitrogens is 3. The Labute approximate surface area is 629 Å². The molecule has 3 unspecified atom stereocenters. The predicted molar refractivity (Wildman–Crippen MR) is 431 cm³/mol. The van der Waals surface area contributed by atoms with Crippen LogP contribution in [0.15, 0.2) is 184 Å². The van der Waals surface area contributed by atoms with Crippen LogP contribution in [0.3, 0.4) is 0 Å². The fourth-order valence-electron chi connectivity index (χ4n) is 13.2. The van der Waals surface area contributed by atoms with Crippen molar-refractivity contribution >= 4 is 67.1 Å². The summed E-state index contributed by atoms with van der Waals surface area (Å²) in [5, 5.41) is 14.1. The lowest BCUT2D eigenvalue weighted by Gasteiger charge is -2.14. The number of nitrogens with one attached hydrogen (secondary N) is 6. The number of hydrogen-bond donors (Lipinski definition) is 6. The number of hydrogen-bond acceptors (Lipinski definition) is 15. The van der Waals surface area contributed by atoms with E-state index in [-0.39, 0.29) is 47.5 Å². The molecule has 21 nitrogen and oxygen atoms in total. The van der Waals surface area contributed by atoms with Gasteiger partial charge in [-0.1, -0.05) is 105 Å². The van der Waals surface area contributed by atoms with Gasteiger partial charge in [0.05, 0.1) is 35.7 Å². The van der Waals surface area contributed by atoms with Crippen molar-refractivity contribution in [3.8, 4) is 33.8 Å². The first-order chi connectivity index (χ1) is 50.9. The molecular weight excluding hydrogens is 1370 g/mol. The number of aromatic nitrogens is 15. The van der Waals surface area contributed by atoms with Crippen molar-refractivity contribution in [2.45, 2.75) is 120 Å². The number of imidazole rings is 3. The number of ether oxygens (including phenoxy) is 3. The van der Waals surface area contributed by atoms with Crippen LogP contribution in [0.5, 0.6) is 0 Å². The molecule has 12 aromatic heterocycles. The van der Waals surface area contributed by atoms with Crippen molar-refractivity contribution in [1.29, 1.82) is 0 Å². The molecule has 12 heterocycles. The maximum Gasteiger partial charge on any atom is 0.180 e. The van der Waals surface area contributed by atoms with Gasteiger partial charge < -0.3 is 45.1 Å². The summed E-state index contributed by atoms with van der Waals surface area (Å²) >= 11 is 0. The van der Waals surface area contributed by atoms with Crippen LogP contribution in [0.25, 0.3) is 83.4 Å². The van der Waals surface area contributed by atoms with Crippen LogP contribution in [0.2, 0.25) is 0 Å². The molecule has 0 aliphatic heterocycles. The Morgan fingerprint density at radius 3 is 1.09 bits per heavy atom. The second kappa shape index (κ2) is 38.3. The van der Waals surface area contributed by atoms with Gasteiger partial charge in [0, 0.05) is 213 Å². The van der Waals surface area contributed by atoms with E-state index in [4.69, 9.17) is 34.1 Å². The number of pyridine rings is 3. The number of benzene rings is 3. The van der Waals surface area contributed by atoms with Gasteiger partial charge in [-0.2, -0.15) is 0 Å². The topological polar surface area (TPSA) is 240 Å². The summed E-state index contributed by atoms with van der Waals surface area (Å²) in [5.74, 6) is 1.55. The molecule has 6 N–H and O–H groups in total. The predicted octanol–water partition coefficient (Wildman–Crippen LogP) is 18.9. The fourth-order valence-corrected chi connectivity index (χ4v) is 13.2. The summed E-state index contributed by atoms with van der Waals surface area (Å²) in [5.41, 5.74) is 16.3. The van der Waals surface area contributed by atoms with Crippen LogP contribution < -0.4 is 16.0 Å².